The van der Waals surface area contributed by atoms with E-state index in [2.05, 4.69) is 4.98 Å². The number of anilines is 3. The minimum atomic E-state index is -0.247. The van der Waals surface area contributed by atoms with Crippen molar-refractivity contribution >= 4 is 17.1 Å². The van der Waals surface area contributed by atoms with Crippen LogP contribution >= 0.6 is 0 Å². The van der Waals surface area contributed by atoms with Gasteiger partial charge >= 0.3 is 0 Å². The fraction of sp³-hybridized carbons (Fsp3) is 0.0833. The van der Waals surface area contributed by atoms with Gasteiger partial charge in [-0.15, -0.1) is 0 Å². The van der Waals surface area contributed by atoms with E-state index in [-0.39, 0.29) is 5.82 Å². The van der Waals surface area contributed by atoms with Crippen molar-refractivity contribution in [3.63, 3.8) is 0 Å². The van der Waals surface area contributed by atoms with Crippen LogP contribution in [-0.2, 0) is 0 Å². The number of aromatic nitrogens is 1. The predicted octanol–water partition coefficient (Wildman–Crippen LogP) is 2.57. The molecule has 1 aromatic carbocycles. The Morgan fingerprint density at radius 2 is 1.81 bits per heavy atom. The normalized spacial score (nSPS) is 10.1. The molecule has 0 amide bonds. The third-order valence-corrected chi connectivity index (χ3v) is 2.35. The molecule has 0 aliphatic carbocycles. The highest BCUT2D eigenvalue weighted by Crippen LogP contribution is 2.23. The van der Waals surface area contributed by atoms with Crippen molar-refractivity contribution in [2.24, 2.45) is 0 Å². The lowest BCUT2D eigenvalue weighted by atomic mass is 10.2. The molecule has 0 bridgehead atoms. The molecule has 0 spiro atoms. The number of hydrogen-bond acceptors (Lipinski definition) is 3. The molecule has 0 aliphatic rings. The number of nitrogens with two attached hydrogens (primary N) is 1. The van der Waals surface area contributed by atoms with Gasteiger partial charge in [0, 0.05) is 18.9 Å². The summed E-state index contributed by atoms with van der Waals surface area (Å²) in [6.45, 7) is 0. The summed E-state index contributed by atoms with van der Waals surface area (Å²) in [6, 6.07) is 8.07. The average molecular weight is 217 g/mol. The van der Waals surface area contributed by atoms with Crippen LogP contribution in [0.2, 0.25) is 0 Å². The van der Waals surface area contributed by atoms with Crippen LogP contribution in [0.3, 0.4) is 0 Å². The topological polar surface area (TPSA) is 42.2 Å². The van der Waals surface area contributed by atoms with E-state index >= 15 is 0 Å². The van der Waals surface area contributed by atoms with Crippen LogP contribution in [0.5, 0.6) is 0 Å². The highest BCUT2D eigenvalue weighted by atomic mass is 19.1. The van der Waals surface area contributed by atoms with E-state index in [9.17, 15) is 4.39 Å². The largest absolute Gasteiger partial charge is 0.397 e. The molecule has 0 saturated heterocycles. The van der Waals surface area contributed by atoms with Crippen molar-refractivity contribution < 1.29 is 4.39 Å². The maximum Gasteiger partial charge on any atom is 0.123 e. The molecular formula is C12H12FN3. The van der Waals surface area contributed by atoms with Crippen LogP contribution in [0, 0.1) is 5.82 Å². The Morgan fingerprint density at radius 3 is 2.44 bits per heavy atom. The highest BCUT2D eigenvalue weighted by Gasteiger charge is 2.04. The lowest BCUT2D eigenvalue weighted by Crippen LogP contribution is -2.09. The number of nitrogen functional groups attached to an aromatic ring is 1. The van der Waals surface area contributed by atoms with E-state index in [0.717, 1.165) is 11.4 Å². The number of halogens is 1. The van der Waals surface area contributed by atoms with Crippen molar-refractivity contribution in [2.45, 2.75) is 0 Å². The summed E-state index contributed by atoms with van der Waals surface area (Å²) in [5.41, 5.74) is 8.00. The van der Waals surface area contributed by atoms with Gasteiger partial charge in [-0.05, 0) is 30.3 Å². The summed E-state index contributed by atoms with van der Waals surface area (Å²) in [6.07, 6.45) is 3.29. The van der Waals surface area contributed by atoms with E-state index < -0.39 is 0 Å². The quantitative estimate of drug-likeness (QED) is 0.840. The van der Waals surface area contributed by atoms with Crippen molar-refractivity contribution in [1.82, 2.24) is 4.98 Å². The first-order valence-corrected chi connectivity index (χ1v) is 4.86. The number of hydrogen-bond donors (Lipinski definition) is 1. The number of nitrogens with zero attached hydrogens (tertiary/aromatic N) is 2. The monoisotopic (exact) mass is 217 g/mol. The number of benzene rings is 1. The molecule has 16 heavy (non-hydrogen) atoms. The summed E-state index contributed by atoms with van der Waals surface area (Å²) in [5.74, 6) is -0.247. The van der Waals surface area contributed by atoms with Gasteiger partial charge in [0.15, 0.2) is 0 Å². The van der Waals surface area contributed by atoms with Crippen LogP contribution in [0.1, 0.15) is 0 Å². The maximum absolute atomic E-state index is 12.8. The smallest absolute Gasteiger partial charge is 0.123 e. The number of pyridine rings is 1. The summed E-state index contributed by atoms with van der Waals surface area (Å²) >= 11 is 0. The molecule has 4 heteroatoms. The fourth-order valence-corrected chi connectivity index (χ4v) is 1.44. The van der Waals surface area contributed by atoms with Crippen molar-refractivity contribution in [1.29, 1.82) is 0 Å². The van der Waals surface area contributed by atoms with E-state index in [4.69, 9.17) is 5.73 Å². The fourth-order valence-electron chi connectivity index (χ4n) is 1.44. The van der Waals surface area contributed by atoms with Gasteiger partial charge in [-0.2, -0.15) is 0 Å². The molecule has 2 aromatic rings. The molecule has 0 aliphatic heterocycles. The van der Waals surface area contributed by atoms with Crippen molar-refractivity contribution in [3.05, 3.63) is 48.5 Å². The van der Waals surface area contributed by atoms with Crippen molar-refractivity contribution in [2.75, 3.05) is 17.7 Å². The molecule has 1 aromatic heterocycles. The second kappa shape index (κ2) is 4.18. The first kappa shape index (κ1) is 10.4. The molecule has 1 heterocycles. The maximum atomic E-state index is 12.8. The van der Waals surface area contributed by atoms with Crippen LogP contribution < -0.4 is 10.6 Å². The average Bonchev–Trinajstić information content (AvgIpc) is 2.29. The lowest BCUT2D eigenvalue weighted by molar-refractivity contribution is 0.628. The third kappa shape index (κ3) is 2.11. The summed E-state index contributed by atoms with van der Waals surface area (Å²) in [4.78, 5) is 5.90. The van der Waals surface area contributed by atoms with Crippen LogP contribution in [-0.4, -0.2) is 12.0 Å². The summed E-state index contributed by atoms with van der Waals surface area (Å²) < 4.78 is 12.8. The Kier molecular flexibility index (Phi) is 2.72. The zero-order valence-electron chi connectivity index (χ0n) is 8.89. The third-order valence-electron chi connectivity index (χ3n) is 2.35. The first-order valence-electron chi connectivity index (χ1n) is 4.86. The standard InChI is InChI=1S/C12H12FN3/c1-16(11-4-2-9(13)3-5-11)12-6-10(14)7-15-8-12/h2-8H,14H2,1H3. The molecule has 0 radical (unpaired) electrons. The highest BCUT2D eigenvalue weighted by molar-refractivity contribution is 5.64. The van der Waals surface area contributed by atoms with Gasteiger partial charge in [-0.3, -0.25) is 4.98 Å². The molecule has 2 rings (SSSR count). The minimum Gasteiger partial charge on any atom is -0.397 e. The van der Waals surface area contributed by atoms with E-state index in [1.807, 2.05) is 18.0 Å². The Bertz CT molecular complexity index is 482. The molecule has 0 fully saturated rings. The molecule has 82 valence electrons. The van der Waals surface area contributed by atoms with Crippen LogP contribution in [0.4, 0.5) is 21.5 Å². The number of rotatable bonds is 2. The second-order valence-corrected chi connectivity index (χ2v) is 3.51. The molecule has 2 N–H and O–H groups in total. The van der Waals surface area contributed by atoms with E-state index in [1.165, 1.54) is 12.1 Å². The van der Waals surface area contributed by atoms with Gasteiger partial charge < -0.3 is 10.6 Å². The Labute approximate surface area is 93.3 Å². The molecule has 3 nitrogen and oxygen atoms in total. The zero-order valence-corrected chi connectivity index (χ0v) is 8.89. The summed E-state index contributed by atoms with van der Waals surface area (Å²) in [5, 5.41) is 0. The van der Waals surface area contributed by atoms with Gasteiger partial charge in [0.1, 0.15) is 5.82 Å². The molecule has 0 atom stereocenters. The summed E-state index contributed by atoms with van der Waals surface area (Å²) in [7, 11) is 1.88. The van der Waals surface area contributed by atoms with E-state index in [0.29, 0.717) is 5.69 Å². The lowest BCUT2D eigenvalue weighted by Gasteiger charge is -2.19. The van der Waals surface area contributed by atoms with E-state index in [1.54, 1.807) is 24.5 Å². The van der Waals surface area contributed by atoms with Gasteiger partial charge in [0.2, 0.25) is 0 Å². The van der Waals surface area contributed by atoms with Gasteiger partial charge in [-0.1, -0.05) is 0 Å². The van der Waals surface area contributed by atoms with Crippen molar-refractivity contribution in [3.8, 4) is 0 Å². The van der Waals surface area contributed by atoms with Gasteiger partial charge in [-0.25, -0.2) is 4.39 Å². The Morgan fingerprint density at radius 1 is 1.12 bits per heavy atom. The van der Waals surface area contributed by atoms with Gasteiger partial charge in [0.05, 0.1) is 17.6 Å². The molecule has 0 unspecified atom stereocenters. The second-order valence-electron chi connectivity index (χ2n) is 3.51. The SMILES string of the molecule is CN(c1ccc(F)cc1)c1cncc(N)c1. The minimum absolute atomic E-state index is 0.247. The molecular weight excluding hydrogens is 205 g/mol. The van der Waals surface area contributed by atoms with Crippen LogP contribution in [0.15, 0.2) is 42.7 Å². The first-order chi connectivity index (χ1) is 7.66. The zero-order chi connectivity index (χ0) is 11.5. The molecule has 0 saturated carbocycles. The predicted molar refractivity (Wildman–Crippen MR) is 63.1 cm³/mol. The Balaban J connectivity index is 2.31. The van der Waals surface area contributed by atoms with Gasteiger partial charge in [0.25, 0.3) is 0 Å². The van der Waals surface area contributed by atoms with Crippen LogP contribution in [0.25, 0.3) is 0 Å². The Hall–Kier alpha value is -2.10.